The van der Waals surface area contributed by atoms with Crippen LogP contribution in [0.5, 0.6) is 0 Å². The minimum Gasteiger partial charge on any atom is -0.388 e. The van der Waals surface area contributed by atoms with Crippen LogP contribution in [-0.4, -0.2) is 10.1 Å². The van der Waals surface area contributed by atoms with Crippen molar-refractivity contribution in [1.82, 2.24) is 4.98 Å². The monoisotopic (exact) mass is 263 g/mol. The van der Waals surface area contributed by atoms with Crippen LogP contribution < -0.4 is 0 Å². The molecule has 2 nitrogen and oxygen atoms in total. The number of nitrogens with zero attached hydrogens (tertiary/aromatic N) is 1. The van der Waals surface area contributed by atoms with Gasteiger partial charge < -0.3 is 5.11 Å². The van der Waals surface area contributed by atoms with E-state index in [1.807, 2.05) is 55.5 Å². The molecule has 0 aliphatic carbocycles. The molecule has 0 aliphatic rings. The van der Waals surface area contributed by atoms with Gasteiger partial charge in [0.15, 0.2) is 0 Å². The maximum Gasteiger partial charge on any atom is 0.0830 e. The van der Waals surface area contributed by atoms with Gasteiger partial charge in [0.2, 0.25) is 0 Å². The predicted molar refractivity (Wildman–Crippen MR) is 81.6 cm³/mol. The number of fused-ring (bicyclic) bond motifs is 1. The fraction of sp³-hybridized carbons (Fsp3) is 0.167. The third kappa shape index (κ3) is 2.56. The summed E-state index contributed by atoms with van der Waals surface area (Å²) in [5.41, 5.74) is 4.07. The highest BCUT2D eigenvalue weighted by molar-refractivity contribution is 5.82. The number of aryl methyl sites for hydroxylation is 1. The summed E-state index contributed by atoms with van der Waals surface area (Å²) in [7, 11) is 0. The van der Waals surface area contributed by atoms with Crippen molar-refractivity contribution < 1.29 is 5.11 Å². The summed E-state index contributed by atoms with van der Waals surface area (Å²) >= 11 is 0. The fourth-order valence-corrected chi connectivity index (χ4v) is 2.57. The Morgan fingerprint density at radius 2 is 1.70 bits per heavy atom. The largest absolute Gasteiger partial charge is 0.388 e. The molecule has 0 fully saturated rings. The number of hydrogen-bond acceptors (Lipinski definition) is 2. The predicted octanol–water partition coefficient (Wildman–Crippen LogP) is 3.82. The highest BCUT2D eigenvalue weighted by Crippen LogP contribution is 2.24. The average Bonchev–Trinajstić information content (AvgIpc) is 2.48. The van der Waals surface area contributed by atoms with Crippen molar-refractivity contribution in [2.75, 3.05) is 0 Å². The van der Waals surface area contributed by atoms with E-state index < -0.39 is 6.10 Å². The van der Waals surface area contributed by atoms with E-state index in [9.17, 15) is 5.11 Å². The van der Waals surface area contributed by atoms with Crippen molar-refractivity contribution >= 4 is 10.9 Å². The van der Waals surface area contributed by atoms with Crippen molar-refractivity contribution in [3.05, 3.63) is 77.5 Å². The number of benzene rings is 2. The summed E-state index contributed by atoms with van der Waals surface area (Å²) in [5.74, 6) is 0. The van der Waals surface area contributed by atoms with Crippen LogP contribution in [0.25, 0.3) is 10.9 Å². The molecule has 2 aromatic carbocycles. The molecule has 1 atom stereocenters. The van der Waals surface area contributed by atoms with Crippen LogP contribution in [0.1, 0.15) is 22.9 Å². The van der Waals surface area contributed by atoms with Crippen LogP contribution in [0.4, 0.5) is 0 Å². The van der Waals surface area contributed by atoms with E-state index in [4.69, 9.17) is 0 Å². The van der Waals surface area contributed by atoms with Gasteiger partial charge in [0, 0.05) is 17.5 Å². The Balaban J connectivity index is 1.98. The van der Waals surface area contributed by atoms with E-state index in [0.717, 1.165) is 27.7 Å². The number of aliphatic hydroxyl groups is 1. The SMILES string of the molecule is Cc1cc(CC(O)c2ccccc2)c2ccccc2n1. The number of rotatable bonds is 3. The van der Waals surface area contributed by atoms with E-state index in [1.165, 1.54) is 0 Å². The zero-order valence-electron chi connectivity index (χ0n) is 11.5. The summed E-state index contributed by atoms with van der Waals surface area (Å²) in [6.45, 7) is 1.99. The van der Waals surface area contributed by atoms with Crippen molar-refractivity contribution in [3.8, 4) is 0 Å². The first kappa shape index (κ1) is 12.8. The first-order chi connectivity index (χ1) is 9.74. The molecule has 1 unspecified atom stereocenters. The summed E-state index contributed by atoms with van der Waals surface area (Å²) in [6, 6.07) is 19.9. The van der Waals surface area contributed by atoms with Gasteiger partial charge >= 0.3 is 0 Å². The van der Waals surface area contributed by atoms with Crippen LogP contribution in [0, 0.1) is 6.92 Å². The molecule has 100 valence electrons. The van der Waals surface area contributed by atoms with Crippen molar-refractivity contribution in [2.45, 2.75) is 19.4 Å². The van der Waals surface area contributed by atoms with E-state index >= 15 is 0 Å². The summed E-state index contributed by atoms with van der Waals surface area (Å²) in [4.78, 5) is 4.53. The Hall–Kier alpha value is -2.19. The molecule has 20 heavy (non-hydrogen) atoms. The third-order valence-electron chi connectivity index (χ3n) is 3.53. The molecule has 0 saturated heterocycles. The molecule has 3 aromatic rings. The number of pyridine rings is 1. The fourth-order valence-electron chi connectivity index (χ4n) is 2.57. The van der Waals surface area contributed by atoms with Gasteiger partial charge in [0.25, 0.3) is 0 Å². The second-order valence-electron chi connectivity index (χ2n) is 5.07. The Morgan fingerprint density at radius 3 is 2.50 bits per heavy atom. The first-order valence-electron chi connectivity index (χ1n) is 6.82. The number of aromatic nitrogens is 1. The van der Waals surface area contributed by atoms with Crippen molar-refractivity contribution in [3.63, 3.8) is 0 Å². The van der Waals surface area contributed by atoms with Gasteiger partial charge in [-0.15, -0.1) is 0 Å². The zero-order valence-corrected chi connectivity index (χ0v) is 11.5. The van der Waals surface area contributed by atoms with Crippen LogP contribution >= 0.6 is 0 Å². The van der Waals surface area contributed by atoms with Gasteiger partial charge in [-0.2, -0.15) is 0 Å². The summed E-state index contributed by atoms with van der Waals surface area (Å²) in [6.07, 6.45) is 0.120. The molecule has 0 aliphatic heterocycles. The Morgan fingerprint density at radius 1 is 1.00 bits per heavy atom. The Labute approximate surface area is 118 Å². The Bertz CT molecular complexity index is 722. The lowest BCUT2D eigenvalue weighted by atomic mass is 9.98. The van der Waals surface area contributed by atoms with Gasteiger partial charge in [0.05, 0.1) is 11.6 Å². The molecule has 3 rings (SSSR count). The third-order valence-corrected chi connectivity index (χ3v) is 3.53. The quantitative estimate of drug-likeness (QED) is 0.779. The topological polar surface area (TPSA) is 33.1 Å². The zero-order chi connectivity index (χ0) is 13.9. The number of aliphatic hydroxyl groups excluding tert-OH is 1. The molecule has 0 saturated carbocycles. The maximum absolute atomic E-state index is 10.4. The van der Waals surface area contributed by atoms with Crippen LogP contribution in [0.2, 0.25) is 0 Å². The molecule has 1 aromatic heterocycles. The smallest absolute Gasteiger partial charge is 0.0830 e. The van der Waals surface area contributed by atoms with Gasteiger partial charge in [-0.3, -0.25) is 4.98 Å². The summed E-state index contributed by atoms with van der Waals surface area (Å²) in [5, 5.41) is 11.5. The van der Waals surface area contributed by atoms with E-state index in [0.29, 0.717) is 6.42 Å². The minimum absolute atomic E-state index is 0.485. The number of para-hydroxylation sites is 1. The van der Waals surface area contributed by atoms with Crippen molar-refractivity contribution in [1.29, 1.82) is 0 Å². The second-order valence-corrected chi connectivity index (χ2v) is 5.07. The molecule has 0 bridgehead atoms. The van der Waals surface area contributed by atoms with Gasteiger partial charge in [-0.05, 0) is 30.2 Å². The van der Waals surface area contributed by atoms with Crippen LogP contribution in [0.15, 0.2) is 60.7 Å². The molecule has 2 heteroatoms. The maximum atomic E-state index is 10.4. The number of hydrogen-bond donors (Lipinski definition) is 1. The molecular formula is C18H17NO. The van der Waals surface area contributed by atoms with E-state index in [-0.39, 0.29) is 0 Å². The molecule has 0 radical (unpaired) electrons. The van der Waals surface area contributed by atoms with Crippen molar-refractivity contribution in [2.24, 2.45) is 0 Å². The second kappa shape index (κ2) is 5.43. The van der Waals surface area contributed by atoms with E-state index in [1.54, 1.807) is 0 Å². The lowest BCUT2D eigenvalue weighted by Crippen LogP contribution is -2.03. The normalized spacial score (nSPS) is 12.5. The highest BCUT2D eigenvalue weighted by Gasteiger charge is 2.11. The standard InChI is InChI=1S/C18H17NO/c1-13-11-15(16-9-5-6-10-17(16)19-13)12-18(20)14-7-3-2-4-8-14/h2-11,18,20H,12H2,1H3. The van der Waals surface area contributed by atoms with Gasteiger partial charge in [0.1, 0.15) is 0 Å². The van der Waals surface area contributed by atoms with Crippen LogP contribution in [0.3, 0.4) is 0 Å². The lowest BCUT2D eigenvalue weighted by Gasteiger charge is -2.13. The average molecular weight is 263 g/mol. The molecular weight excluding hydrogens is 246 g/mol. The van der Waals surface area contributed by atoms with E-state index in [2.05, 4.69) is 17.1 Å². The summed E-state index contributed by atoms with van der Waals surface area (Å²) < 4.78 is 0. The lowest BCUT2D eigenvalue weighted by molar-refractivity contribution is 0.179. The molecule has 1 N–H and O–H groups in total. The molecule has 0 spiro atoms. The Kier molecular flexibility index (Phi) is 3.48. The first-order valence-corrected chi connectivity index (χ1v) is 6.82. The minimum atomic E-state index is -0.485. The van der Waals surface area contributed by atoms with Gasteiger partial charge in [-0.1, -0.05) is 48.5 Å². The molecule has 0 amide bonds. The van der Waals surface area contributed by atoms with Gasteiger partial charge in [-0.25, -0.2) is 0 Å². The highest BCUT2D eigenvalue weighted by atomic mass is 16.3. The molecule has 1 heterocycles. The van der Waals surface area contributed by atoms with Crippen LogP contribution in [-0.2, 0) is 6.42 Å².